The lowest BCUT2D eigenvalue weighted by atomic mass is 10.1. The summed E-state index contributed by atoms with van der Waals surface area (Å²) >= 11 is 3.17. The van der Waals surface area contributed by atoms with Gasteiger partial charge in [0.1, 0.15) is 5.01 Å². The number of hydrogen-bond donors (Lipinski definition) is 0. The highest BCUT2D eigenvalue weighted by atomic mass is 32.1. The van der Waals surface area contributed by atoms with Crippen LogP contribution in [-0.2, 0) is 0 Å². The van der Waals surface area contributed by atoms with Crippen LogP contribution < -0.4 is 0 Å². The minimum Gasteiger partial charge on any atom is -0.252 e. The number of thiazole rings is 2. The molecule has 0 saturated carbocycles. The van der Waals surface area contributed by atoms with Gasteiger partial charge in [0.25, 0.3) is 0 Å². The Morgan fingerprint density at radius 2 is 2.17 bits per heavy atom. The summed E-state index contributed by atoms with van der Waals surface area (Å²) in [6.45, 7) is 0. The maximum atomic E-state index is 8.89. The van der Waals surface area contributed by atoms with Crippen molar-refractivity contribution in [2.45, 2.75) is 0 Å². The SMILES string of the molecule is N#Cc1cccc(-c2csc(-c3cncs3)n2)c1. The first-order valence-corrected chi connectivity index (χ1v) is 6.97. The van der Waals surface area contributed by atoms with Gasteiger partial charge >= 0.3 is 0 Å². The molecule has 0 spiro atoms. The van der Waals surface area contributed by atoms with Crippen molar-refractivity contribution in [2.75, 3.05) is 0 Å². The Kier molecular flexibility index (Phi) is 2.89. The van der Waals surface area contributed by atoms with Crippen molar-refractivity contribution in [3.05, 3.63) is 46.9 Å². The van der Waals surface area contributed by atoms with Crippen LogP contribution in [-0.4, -0.2) is 9.97 Å². The lowest BCUT2D eigenvalue weighted by Gasteiger charge is -1.96. The van der Waals surface area contributed by atoms with E-state index in [2.05, 4.69) is 16.0 Å². The van der Waals surface area contributed by atoms with E-state index in [1.807, 2.05) is 29.8 Å². The van der Waals surface area contributed by atoms with Crippen LogP contribution in [0.3, 0.4) is 0 Å². The smallest absolute Gasteiger partial charge is 0.135 e. The Bertz CT molecular complexity index is 708. The first-order chi connectivity index (χ1) is 8.86. The molecule has 3 aromatic rings. The fourth-order valence-electron chi connectivity index (χ4n) is 1.59. The van der Waals surface area contributed by atoms with Gasteiger partial charge in [0.2, 0.25) is 0 Å². The van der Waals surface area contributed by atoms with Gasteiger partial charge in [-0.3, -0.25) is 4.98 Å². The molecule has 0 saturated heterocycles. The summed E-state index contributed by atoms with van der Waals surface area (Å²) in [6.07, 6.45) is 1.82. The van der Waals surface area contributed by atoms with Gasteiger partial charge in [-0.25, -0.2) is 4.98 Å². The van der Waals surface area contributed by atoms with E-state index in [-0.39, 0.29) is 0 Å². The second-order valence-electron chi connectivity index (χ2n) is 3.60. The quantitative estimate of drug-likeness (QED) is 0.711. The maximum absolute atomic E-state index is 8.89. The molecule has 0 radical (unpaired) electrons. The number of nitriles is 1. The van der Waals surface area contributed by atoms with Gasteiger partial charge in [0.15, 0.2) is 0 Å². The highest BCUT2D eigenvalue weighted by Crippen LogP contribution is 2.30. The zero-order valence-corrected chi connectivity index (χ0v) is 10.8. The van der Waals surface area contributed by atoms with Crippen molar-refractivity contribution in [3.8, 4) is 27.2 Å². The van der Waals surface area contributed by atoms with E-state index in [0.29, 0.717) is 5.56 Å². The summed E-state index contributed by atoms with van der Waals surface area (Å²) < 4.78 is 0. The summed E-state index contributed by atoms with van der Waals surface area (Å²) in [5.74, 6) is 0. The molecule has 0 bridgehead atoms. The van der Waals surface area contributed by atoms with Gasteiger partial charge in [-0.15, -0.1) is 22.7 Å². The number of rotatable bonds is 2. The van der Waals surface area contributed by atoms with Crippen LogP contribution in [0.4, 0.5) is 0 Å². The molecule has 2 aromatic heterocycles. The molecule has 5 heteroatoms. The molecule has 0 fully saturated rings. The minimum atomic E-state index is 0.653. The molecule has 3 rings (SSSR count). The summed E-state index contributed by atoms with van der Waals surface area (Å²) in [5.41, 5.74) is 4.33. The number of benzene rings is 1. The van der Waals surface area contributed by atoms with Crippen LogP contribution in [0.1, 0.15) is 5.56 Å². The van der Waals surface area contributed by atoms with Crippen molar-refractivity contribution >= 4 is 22.7 Å². The van der Waals surface area contributed by atoms with Crippen LogP contribution >= 0.6 is 22.7 Å². The van der Waals surface area contributed by atoms with Crippen molar-refractivity contribution in [1.82, 2.24) is 9.97 Å². The largest absolute Gasteiger partial charge is 0.252 e. The van der Waals surface area contributed by atoms with Crippen LogP contribution in [0.25, 0.3) is 21.1 Å². The van der Waals surface area contributed by atoms with Gasteiger partial charge < -0.3 is 0 Å². The molecule has 0 aliphatic carbocycles. The maximum Gasteiger partial charge on any atom is 0.135 e. The predicted octanol–water partition coefficient (Wildman–Crippen LogP) is 3.81. The lowest BCUT2D eigenvalue weighted by Crippen LogP contribution is -1.80. The topological polar surface area (TPSA) is 49.6 Å². The van der Waals surface area contributed by atoms with Crippen LogP contribution in [0.2, 0.25) is 0 Å². The van der Waals surface area contributed by atoms with Crippen LogP contribution in [0.5, 0.6) is 0 Å². The Morgan fingerprint density at radius 1 is 1.22 bits per heavy atom. The minimum absolute atomic E-state index is 0.653. The number of nitrogens with zero attached hydrogens (tertiary/aromatic N) is 3. The van der Waals surface area contributed by atoms with Gasteiger partial charge in [0, 0.05) is 17.1 Å². The normalized spacial score (nSPS) is 10.2. The molecule has 2 heterocycles. The fourth-order valence-corrected chi connectivity index (χ4v) is 3.11. The Hall–Kier alpha value is -2.03. The highest BCUT2D eigenvalue weighted by Gasteiger charge is 2.08. The summed E-state index contributed by atoms with van der Waals surface area (Å²) in [4.78, 5) is 9.70. The highest BCUT2D eigenvalue weighted by molar-refractivity contribution is 7.20. The second kappa shape index (κ2) is 4.69. The Balaban J connectivity index is 2.01. The van der Waals surface area contributed by atoms with Crippen molar-refractivity contribution in [2.24, 2.45) is 0 Å². The summed E-state index contributed by atoms with van der Waals surface area (Å²) in [7, 11) is 0. The third-order valence-electron chi connectivity index (χ3n) is 2.43. The standard InChI is InChI=1S/C13H7N3S2/c14-5-9-2-1-3-10(4-9)11-7-17-13(16-11)12-6-15-8-18-12/h1-4,6-8H. The monoisotopic (exact) mass is 269 g/mol. The third-order valence-corrected chi connectivity index (χ3v) is 4.22. The van der Waals surface area contributed by atoms with Gasteiger partial charge in [-0.1, -0.05) is 12.1 Å². The third kappa shape index (κ3) is 2.04. The van der Waals surface area contributed by atoms with E-state index >= 15 is 0 Å². The van der Waals surface area contributed by atoms with Crippen molar-refractivity contribution in [1.29, 1.82) is 5.26 Å². The molecule has 0 amide bonds. The van der Waals surface area contributed by atoms with E-state index in [1.54, 1.807) is 34.3 Å². The number of hydrogen-bond acceptors (Lipinski definition) is 5. The van der Waals surface area contributed by atoms with Gasteiger partial charge in [-0.05, 0) is 12.1 Å². The van der Waals surface area contributed by atoms with Gasteiger partial charge in [0.05, 0.1) is 27.7 Å². The Morgan fingerprint density at radius 3 is 2.94 bits per heavy atom. The van der Waals surface area contributed by atoms with Crippen molar-refractivity contribution < 1.29 is 0 Å². The number of aromatic nitrogens is 2. The first-order valence-electron chi connectivity index (χ1n) is 5.22. The molecule has 0 unspecified atom stereocenters. The molecule has 3 nitrogen and oxygen atoms in total. The molecule has 1 aromatic carbocycles. The average molecular weight is 269 g/mol. The van der Waals surface area contributed by atoms with Crippen molar-refractivity contribution in [3.63, 3.8) is 0 Å². The fraction of sp³-hybridized carbons (Fsp3) is 0. The molecule has 0 aliphatic heterocycles. The zero-order valence-electron chi connectivity index (χ0n) is 9.20. The molecule has 18 heavy (non-hydrogen) atoms. The van der Waals surface area contributed by atoms with E-state index in [0.717, 1.165) is 21.1 Å². The van der Waals surface area contributed by atoms with E-state index < -0.39 is 0 Å². The summed E-state index contributed by atoms with van der Waals surface area (Å²) in [5, 5.41) is 11.9. The average Bonchev–Trinajstić information content (AvgIpc) is 3.09. The zero-order chi connectivity index (χ0) is 12.4. The molecule has 0 atom stereocenters. The predicted molar refractivity (Wildman–Crippen MR) is 73.4 cm³/mol. The van der Waals surface area contributed by atoms with Crippen LogP contribution in [0, 0.1) is 11.3 Å². The lowest BCUT2D eigenvalue weighted by molar-refractivity contribution is 1.38. The molecule has 0 aliphatic rings. The van der Waals surface area contributed by atoms with Crippen LogP contribution in [0.15, 0.2) is 41.4 Å². The van der Waals surface area contributed by atoms with Gasteiger partial charge in [-0.2, -0.15) is 5.26 Å². The second-order valence-corrected chi connectivity index (χ2v) is 5.34. The van der Waals surface area contributed by atoms with E-state index in [1.165, 1.54) is 0 Å². The molecular weight excluding hydrogens is 262 g/mol. The molecule has 0 N–H and O–H groups in total. The Labute approximate surface area is 112 Å². The molecule has 86 valence electrons. The van der Waals surface area contributed by atoms with E-state index in [4.69, 9.17) is 5.26 Å². The first kappa shape index (κ1) is 11.1. The van der Waals surface area contributed by atoms with E-state index in [9.17, 15) is 0 Å². The molecular formula is C13H7N3S2. The summed E-state index contributed by atoms with van der Waals surface area (Å²) in [6, 6.07) is 9.62.